The second-order valence-corrected chi connectivity index (χ2v) is 6.07. The quantitative estimate of drug-likeness (QED) is 0.503. The van der Waals surface area contributed by atoms with Gasteiger partial charge in [-0.25, -0.2) is 0 Å². The van der Waals surface area contributed by atoms with E-state index in [4.69, 9.17) is 4.74 Å². The van der Waals surface area contributed by atoms with Crippen LogP contribution in [0.3, 0.4) is 0 Å². The molecule has 0 bridgehead atoms. The third-order valence-electron chi connectivity index (χ3n) is 3.76. The number of para-hydroxylation sites is 1. The van der Waals surface area contributed by atoms with Crippen LogP contribution in [-0.2, 0) is 14.4 Å². The monoisotopic (exact) mass is 381 g/mol. The highest BCUT2D eigenvalue weighted by atomic mass is 16.5. The Morgan fingerprint density at radius 1 is 1.00 bits per heavy atom. The Morgan fingerprint density at radius 2 is 1.68 bits per heavy atom. The number of nitrogens with one attached hydrogen (secondary N) is 3. The molecule has 0 aliphatic rings. The number of carbonyl (C=O) groups is 3. The van der Waals surface area contributed by atoms with Crippen LogP contribution < -0.4 is 20.9 Å². The minimum Gasteiger partial charge on any atom is -0.483 e. The van der Waals surface area contributed by atoms with Gasteiger partial charge in [0.05, 0.1) is 0 Å². The molecule has 0 saturated heterocycles. The average molecular weight is 381 g/mol. The normalized spacial score (nSPS) is 11.5. The SMILES string of the molecule is Cc1ccccc1OCC(=O)NNC(=O)[C@H](C)NC(=O)/C=C/c1ccccc1. The van der Waals surface area contributed by atoms with Gasteiger partial charge in [0.15, 0.2) is 6.61 Å². The number of ether oxygens (including phenoxy) is 1. The van der Waals surface area contributed by atoms with Crippen molar-refractivity contribution in [2.24, 2.45) is 0 Å². The fraction of sp³-hybridized carbons (Fsp3) is 0.190. The zero-order chi connectivity index (χ0) is 20.4. The van der Waals surface area contributed by atoms with Gasteiger partial charge in [-0.1, -0.05) is 48.5 Å². The van der Waals surface area contributed by atoms with Crippen LogP contribution in [0.25, 0.3) is 6.08 Å². The molecule has 0 aromatic heterocycles. The van der Waals surface area contributed by atoms with Gasteiger partial charge in [-0.05, 0) is 37.1 Å². The molecule has 0 radical (unpaired) electrons. The minimum atomic E-state index is -0.828. The van der Waals surface area contributed by atoms with E-state index in [2.05, 4.69) is 16.2 Å². The molecular weight excluding hydrogens is 358 g/mol. The van der Waals surface area contributed by atoms with Gasteiger partial charge in [0.1, 0.15) is 11.8 Å². The van der Waals surface area contributed by atoms with Crippen LogP contribution in [0.4, 0.5) is 0 Å². The van der Waals surface area contributed by atoms with Crippen LogP contribution in [0.15, 0.2) is 60.7 Å². The molecular formula is C21H23N3O4. The fourth-order valence-corrected chi connectivity index (χ4v) is 2.20. The van der Waals surface area contributed by atoms with E-state index in [9.17, 15) is 14.4 Å². The number of amides is 3. The first-order valence-electron chi connectivity index (χ1n) is 8.76. The van der Waals surface area contributed by atoms with E-state index >= 15 is 0 Å². The van der Waals surface area contributed by atoms with E-state index in [1.165, 1.54) is 13.0 Å². The number of benzene rings is 2. The zero-order valence-electron chi connectivity index (χ0n) is 15.8. The summed E-state index contributed by atoms with van der Waals surface area (Å²) in [5.74, 6) is -0.889. The largest absolute Gasteiger partial charge is 0.483 e. The van der Waals surface area contributed by atoms with Crippen molar-refractivity contribution < 1.29 is 19.1 Å². The molecule has 0 spiro atoms. The molecule has 0 saturated carbocycles. The first kappa shape index (κ1) is 20.7. The lowest BCUT2D eigenvalue weighted by molar-refractivity contribution is -0.131. The summed E-state index contributed by atoms with van der Waals surface area (Å²) in [6.07, 6.45) is 2.98. The number of carbonyl (C=O) groups excluding carboxylic acids is 3. The van der Waals surface area contributed by atoms with Gasteiger partial charge in [0.25, 0.3) is 11.8 Å². The van der Waals surface area contributed by atoms with Crippen molar-refractivity contribution in [1.29, 1.82) is 0 Å². The van der Waals surface area contributed by atoms with E-state index in [1.807, 2.05) is 49.4 Å². The first-order chi connectivity index (χ1) is 13.5. The maximum atomic E-state index is 12.0. The summed E-state index contributed by atoms with van der Waals surface area (Å²) in [7, 11) is 0. The Balaban J connectivity index is 1.71. The zero-order valence-corrected chi connectivity index (χ0v) is 15.8. The average Bonchev–Trinajstić information content (AvgIpc) is 2.70. The number of aryl methyl sites for hydroxylation is 1. The highest BCUT2D eigenvalue weighted by molar-refractivity contribution is 5.95. The van der Waals surface area contributed by atoms with Gasteiger partial charge in [-0.15, -0.1) is 0 Å². The molecule has 0 aliphatic heterocycles. The molecule has 7 nitrogen and oxygen atoms in total. The van der Waals surface area contributed by atoms with E-state index in [0.29, 0.717) is 5.75 Å². The molecule has 0 aliphatic carbocycles. The lowest BCUT2D eigenvalue weighted by Crippen LogP contribution is -2.51. The van der Waals surface area contributed by atoms with E-state index in [0.717, 1.165) is 11.1 Å². The van der Waals surface area contributed by atoms with Crippen LogP contribution in [0.1, 0.15) is 18.1 Å². The van der Waals surface area contributed by atoms with E-state index in [1.54, 1.807) is 18.2 Å². The molecule has 2 rings (SSSR count). The van der Waals surface area contributed by atoms with Crippen molar-refractivity contribution in [3.05, 3.63) is 71.8 Å². The van der Waals surface area contributed by atoms with Crippen LogP contribution >= 0.6 is 0 Å². The Kier molecular flexibility index (Phi) is 7.77. The standard InChI is InChI=1S/C21H23N3O4/c1-15-8-6-7-11-18(15)28-14-20(26)23-24-21(27)16(2)22-19(25)13-12-17-9-4-3-5-10-17/h3-13,16H,14H2,1-2H3,(H,22,25)(H,23,26)(H,24,27)/b13-12+/t16-/m0/s1. The van der Waals surface area contributed by atoms with Crippen molar-refractivity contribution in [2.75, 3.05) is 6.61 Å². The topological polar surface area (TPSA) is 96.5 Å². The Bertz CT molecular complexity index is 850. The summed E-state index contributed by atoms with van der Waals surface area (Å²) in [5, 5.41) is 2.52. The molecule has 2 aromatic carbocycles. The number of hydrazine groups is 1. The number of hydrogen-bond donors (Lipinski definition) is 3. The highest BCUT2D eigenvalue weighted by Gasteiger charge is 2.15. The van der Waals surface area contributed by atoms with E-state index in [-0.39, 0.29) is 6.61 Å². The molecule has 1 atom stereocenters. The van der Waals surface area contributed by atoms with Gasteiger partial charge in [0, 0.05) is 6.08 Å². The smallest absolute Gasteiger partial charge is 0.276 e. The lowest BCUT2D eigenvalue weighted by Gasteiger charge is -2.14. The van der Waals surface area contributed by atoms with Gasteiger partial charge in [-0.3, -0.25) is 25.2 Å². The summed E-state index contributed by atoms with van der Waals surface area (Å²) in [5.41, 5.74) is 6.28. The summed E-state index contributed by atoms with van der Waals surface area (Å²) in [4.78, 5) is 35.6. The molecule has 3 N–H and O–H groups in total. The predicted molar refractivity (Wildman–Crippen MR) is 106 cm³/mol. The third-order valence-corrected chi connectivity index (χ3v) is 3.76. The number of rotatable bonds is 7. The molecule has 2 aromatic rings. The molecule has 0 unspecified atom stereocenters. The number of hydrogen-bond acceptors (Lipinski definition) is 4. The van der Waals surface area contributed by atoms with Gasteiger partial charge >= 0.3 is 0 Å². The van der Waals surface area contributed by atoms with Gasteiger partial charge in [0.2, 0.25) is 5.91 Å². The molecule has 0 heterocycles. The Hall–Kier alpha value is -3.61. The van der Waals surface area contributed by atoms with Gasteiger partial charge in [-0.2, -0.15) is 0 Å². The molecule has 28 heavy (non-hydrogen) atoms. The molecule has 7 heteroatoms. The Labute approximate surface area is 163 Å². The van der Waals surface area contributed by atoms with Crippen LogP contribution in [0.2, 0.25) is 0 Å². The summed E-state index contributed by atoms with van der Waals surface area (Å²) >= 11 is 0. The highest BCUT2D eigenvalue weighted by Crippen LogP contribution is 2.15. The second-order valence-electron chi connectivity index (χ2n) is 6.07. The third kappa shape index (κ3) is 6.95. The Morgan fingerprint density at radius 3 is 2.39 bits per heavy atom. The summed E-state index contributed by atoms with van der Waals surface area (Å²) in [6, 6.07) is 15.8. The lowest BCUT2D eigenvalue weighted by atomic mass is 10.2. The molecule has 0 fully saturated rings. The predicted octanol–water partition coefficient (Wildman–Crippen LogP) is 1.74. The van der Waals surface area contributed by atoms with Crippen molar-refractivity contribution in [3.63, 3.8) is 0 Å². The van der Waals surface area contributed by atoms with Crippen molar-refractivity contribution in [1.82, 2.24) is 16.2 Å². The molecule has 3 amide bonds. The summed E-state index contributed by atoms with van der Waals surface area (Å²) in [6.45, 7) is 3.14. The second kappa shape index (κ2) is 10.5. The maximum absolute atomic E-state index is 12.0. The van der Waals surface area contributed by atoms with Crippen LogP contribution in [0, 0.1) is 6.92 Å². The fourth-order valence-electron chi connectivity index (χ4n) is 2.20. The first-order valence-corrected chi connectivity index (χ1v) is 8.76. The summed E-state index contributed by atoms with van der Waals surface area (Å²) < 4.78 is 5.39. The minimum absolute atomic E-state index is 0.244. The van der Waals surface area contributed by atoms with Gasteiger partial charge < -0.3 is 10.1 Å². The molecule has 146 valence electrons. The van der Waals surface area contributed by atoms with Crippen molar-refractivity contribution in [3.8, 4) is 5.75 Å². The van der Waals surface area contributed by atoms with Crippen molar-refractivity contribution >= 4 is 23.8 Å². The maximum Gasteiger partial charge on any atom is 0.276 e. The van der Waals surface area contributed by atoms with E-state index < -0.39 is 23.8 Å². The van der Waals surface area contributed by atoms with Crippen LogP contribution in [0.5, 0.6) is 5.75 Å². The van der Waals surface area contributed by atoms with Crippen molar-refractivity contribution in [2.45, 2.75) is 19.9 Å². The van der Waals surface area contributed by atoms with Crippen LogP contribution in [-0.4, -0.2) is 30.4 Å².